The zero-order valence-corrected chi connectivity index (χ0v) is 8.85. The maximum absolute atomic E-state index is 9.79. The van der Waals surface area contributed by atoms with Crippen molar-refractivity contribution in [1.82, 2.24) is 0 Å². The molecule has 0 amide bonds. The van der Waals surface area contributed by atoms with E-state index in [2.05, 4.69) is 0 Å². The molecule has 1 aliphatic rings. The summed E-state index contributed by atoms with van der Waals surface area (Å²) in [6.07, 6.45) is 1.02. The lowest BCUT2D eigenvalue weighted by Crippen LogP contribution is -2.39. The second-order valence-electron chi connectivity index (χ2n) is 3.77. The molecule has 1 unspecified atom stereocenters. The highest BCUT2D eigenvalue weighted by Crippen LogP contribution is 2.31. The second-order valence-corrected chi connectivity index (χ2v) is 3.77. The molecule has 0 radical (unpaired) electrons. The van der Waals surface area contributed by atoms with Crippen LogP contribution in [0.15, 0.2) is 24.3 Å². The van der Waals surface area contributed by atoms with E-state index in [4.69, 9.17) is 9.47 Å². The van der Waals surface area contributed by atoms with E-state index in [1.807, 2.05) is 31.2 Å². The molecule has 0 aliphatic carbocycles. The molecule has 82 valence electrons. The Balaban J connectivity index is 2.05. The van der Waals surface area contributed by atoms with E-state index in [1.54, 1.807) is 0 Å². The van der Waals surface area contributed by atoms with Crippen LogP contribution in [0.3, 0.4) is 0 Å². The van der Waals surface area contributed by atoms with Crippen LogP contribution in [0, 0.1) is 0 Å². The fraction of sp³-hybridized carbons (Fsp3) is 0.500. The first-order chi connectivity index (χ1) is 7.31. The van der Waals surface area contributed by atoms with Gasteiger partial charge in [-0.3, -0.25) is 0 Å². The summed E-state index contributed by atoms with van der Waals surface area (Å²) in [5.74, 6) is 1.49. The minimum absolute atomic E-state index is 0.236. The lowest BCUT2D eigenvalue weighted by Gasteiger charge is -2.29. The fourth-order valence-corrected chi connectivity index (χ4v) is 1.71. The lowest BCUT2D eigenvalue weighted by atomic mass is 10.1. The lowest BCUT2D eigenvalue weighted by molar-refractivity contribution is -0.0138. The predicted molar refractivity (Wildman–Crippen MR) is 57.3 cm³/mol. The third kappa shape index (κ3) is 2.23. The minimum Gasteiger partial charge on any atom is -0.486 e. The Bertz CT molecular complexity index is 324. The highest BCUT2D eigenvalue weighted by molar-refractivity contribution is 5.40. The molecule has 1 N–H and O–H groups in total. The number of aliphatic hydroxyl groups is 1. The van der Waals surface area contributed by atoms with Gasteiger partial charge in [-0.25, -0.2) is 0 Å². The van der Waals surface area contributed by atoms with Gasteiger partial charge in [-0.05, 0) is 18.6 Å². The summed E-state index contributed by atoms with van der Waals surface area (Å²) in [6, 6.07) is 7.54. The Labute approximate surface area is 89.6 Å². The zero-order valence-electron chi connectivity index (χ0n) is 8.85. The van der Waals surface area contributed by atoms with Gasteiger partial charge in [-0.1, -0.05) is 25.5 Å². The van der Waals surface area contributed by atoms with Crippen molar-refractivity contribution in [1.29, 1.82) is 0 Å². The third-order valence-electron chi connectivity index (χ3n) is 2.54. The van der Waals surface area contributed by atoms with Gasteiger partial charge in [0, 0.05) is 0 Å². The summed E-state index contributed by atoms with van der Waals surface area (Å²) in [5.41, 5.74) is 0. The summed E-state index contributed by atoms with van der Waals surface area (Å²) in [6.45, 7) is 2.47. The Hall–Kier alpha value is -1.22. The average molecular weight is 208 g/mol. The largest absolute Gasteiger partial charge is 0.486 e. The monoisotopic (exact) mass is 208 g/mol. The molecule has 1 aliphatic heterocycles. The molecular formula is C12H16O3. The molecule has 1 aromatic carbocycles. The molecule has 15 heavy (non-hydrogen) atoms. The topological polar surface area (TPSA) is 38.7 Å². The number of benzene rings is 1. The smallest absolute Gasteiger partial charge is 0.161 e. The van der Waals surface area contributed by atoms with E-state index >= 15 is 0 Å². The number of ether oxygens (including phenoxy) is 2. The number of rotatable bonds is 3. The molecular weight excluding hydrogens is 192 g/mol. The van der Waals surface area contributed by atoms with Crippen molar-refractivity contribution in [2.24, 2.45) is 0 Å². The maximum Gasteiger partial charge on any atom is 0.161 e. The Kier molecular flexibility index (Phi) is 3.11. The molecule has 0 saturated carbocycles. The first-order valence-electron chi connectivity index (χ1n) is 5.38. The number of fused-ring (bicyclic) bond motifs is 1. The van der Waals surface area contributed by atoms with Crippen LogP contribution >= 0.6 is 0 Å². The standard InChI is InChI=1S/C12H16O3/c1-2-5-9(13)12-8-14-10-6-3-4-7-11(10)15-12/h3-4,6-7,9,12-13H,2,5,8H2,1H3/t9-,12?/m1/s1. The van der Waals surface area contributed by atoms with Crippen molar-refractivity contribution in [2.45, 2.75) is 32.0 Å². The van der Waals surface area contributed by atoms with Crippen molar-refractivity contribution in [3.63, 3.8) is 0 Å². The SMILES string of the molecule is CCC[C@@H](O)C1COc2ccccc2O1. The molecule has 1 aromatic rings. The van der Waals surface area contributed by atoms with Crippen LogP contribution in [0.4, 0.5) is 0 Å². The van der Waals surface area contributed by atoms with E-state index in [1.165, 1.54) is 0 Å². The Morgan fingerprint density at radius 2 is 2.13 bits per heavy atom. The van der Waals surface area contributed by atoms with E-state index in [-0.39, 0.29) is 6.10 Å². The number of aliphatic hydroxyl groups excluding tert-OH is 1. The quantitative estimate of drug-likeness (QED) is 0.825. The van der Waals surface area contributed by atoms with Crippen LogP contribution in [0.25, 0.3) is 0 Å². The van der Waals surface area contributed by atoms with Gasteiger partial charge in [0.05, 0.1) is 6.10 Å². The minimum atomic E-state index is -0.441. The Morgan fingerprint density at radius 1 is 1.40 bits per heavy atom. The van der Waals surface area contributed by atoms with Gasteiger partial charge in [0.15, 0.2) is 17.6 Å². The molecule has 0 spiro atoms. The maximum atomic E-state index is 9.79. The molecule has 2 atom stereocenters. The van der Waals surface area contributed by atoms with E-state index in [0.29, 0.717) is 6.61 Å². The van der Waals surface area contributed by atoms with E-state index in [9.17, 15) is 5.11 Å². The van der Waals surface area contributed by atoms with Crippen molar-refractivity contribution in [2.75, 3.05) is 6.61 Å². The molecule has 0 aromatic heterocycles. The van der Waals surface area contributed by atoms with Crippen LogP contribution in [0.5, 0.6) is 11.5 Å². The molecule has 1 heterocycles. The van der Waals surface area contributed by atoms with Gasteiger partial charge in [-0.15, -0.1) is 0 Å². The van der Waals surface area contributed by atoms with Crippen molar-refractivity contribution in [3.8, 4) is 11.5 Å². The van der Waals surface area contributed by atoms with Gasteiger partial charge >= 0.3 is 0 Å². The van der Waals surface area contributed by atoms with E-state index in [0.717, 1.165) is 24.3 Å². The van der Waals surface area contributed by atoms with Crippen LogP contribution in [0.1, 0.15) is 19.8 Å². The van der Waals surface area contributed by atoms with Crippen LogP contribution < -0.4 is 9.47 Å². The number of para-hydroxylation sites is 2. The average Bonchev–Trinajstić information content (AvgIpc) is 2.29. The summed E-state index contributed by atoms with van der Waals surface area (Å²) in [4.78, 5) is 0. The summed E-state index contributed by atoms with van der Waals surface area (Å²) in [7, 11) is 0. The summed E-state index contributed by atoms with van der Waals surface area (Å²) < 4.78 is 11.2. The van der Waals surface area contributed by atoms with Gasteiger partial charge in [0.2, 0.25) is 0 Å². The van der Waals surface area contributed by atoms with Gasteiger partial charge in [0.25, 0.3) is 0 Å². The van der Waals surface area contributed by atoms with Gasteiger partial charge in [0.1, 0.15) is 6.61 Å². The number of hydrogen-bond acceptors (Lipinski definition) is 3. The van der Waals surface area contributed by atoms with Crippen molar-refractivity contribution < 1.29 is 14.6 Å². The van der Waals surface area contributed by atoms with E-state index < -0.39 is 6.10 Å². The van der Waals surface area contributed by atoms with Gasteiger partial charge < -0.3 is 14.6 Å². The molecule has 2 rings (SSSR count). The number of hydrogen-bond donors (Lipinski definition) is 1. The molecule has 3 heteroatoms. The third-order valence-corrected chi connectivity index (χ3v) is 2.54. The van der Waals surface area contributed by atoms with Crippen molar-refractivity contribution in [3.05, 3.63) is 24.3 Å². The summed E-state index contributed by atoms with van der Waals surface area (Å²) in [5, 5.41) is 9.79. The van der Waals surface area contributed by atoms with Crippen LogP contribution in [-0.4, -0.2) is 23.9 Å². The predicted octanol–water partition coefficient (Wildman–Crippen LogP) is 1.99. The molecule has 0 bridgehead atoms. The molecule has 0 fully saturated rings. The highest BCUT2D eigenvalue weighted by Gasteiger charge is 2.26. The normalized spacial score (nSPS) is 21.1. The second kappa shape index (κ2) is 4.53. The highest BCUT2D eigenvalue weighted by atomic mass is 16.6. The Morgan fingerprint density at radius 3 is 2.87 bits per heavy atom. The first-order valence-corrected chi connectivity index (χ1v) is 5.38. The molecule has 3 nitrogen and oxygen atoms in total. The first kappa shape index (κ1) is 10.3. The van der Waals surface area contributed by atoms with Crippen LogP contribution in [0.2, 0.25) is 0 Å². The van der Waals surface area contributed by atoms with Crippen LogP contribution in [-0.2, 0) is 0 Å². The van der Waals surface area contributed by atoms with Gasteiger partial charge in [-0.2, -0.15) is 0 Å². The fourth-order valence-electron chi connectivity index (χ4n) is 1.71. The zero-order chi connectivity index (χ0) is 10.7. The molecule has 0 saturated heterocycles. The summed E-state index contributed by atoms with van der Waals surface area (Å²) >= 11 is 0. The van der Waals surface area contributed by atoms with Crippen molar-refractivity contribution >= 4 is 0 Å².